The lowest BCUT2D eigenvalue weighted by Crippen LogP contribution is -2.44. The van der Waals surface area contributed by atoms with Crippen molar-refractivity contribution in [2.24, 2.45) is 0 Å². The normalized spacial score (nSPS) is 18.6. The predicted octanol–water partition coefficient (Wildman–Crippen LogP) is 1.55. The molecule has 32 heavy (non-hydrogen) atoms. The summed E-state index contributed by atoms with van der Waals surface area (Å²) < 4.78 is 6.57. The number of ether oxygens (including phenoxy) is 1. The Balaban J connectivity index is 1.92. The topological polar surface area (TPSA) is 104 Å². The summed E-state index contributed by atoms with van der Waals surface area (Å²) in [6, 6.07) is 6.87. The molecule has 0 saturated carbocycles. The Morgan fingerprint density at radius 1 is 1.25 bits per heavy atom. The van der Waals surface area contributed by atoms with Crippen molar-refractivity contribution in [2.75, 3.05) is 14.1 Å². The van der Waals surface area contributed by atoms with Crippen LogP contribution >= 0.6 is 0 Å². The van der Waals surface area contributed by atoms with Crippen LogP contribution in [0.4, 0.5) is 0 Å². The van der Waals surface area contributed by atoms with E-state index in [9.17, 15) is 19.8 Å². The van der Waals surface area contributed by atoms with Gasteiger partial charge in [-0.15, -0.1) is 0 Å². The van der Waals surface area contributed by atoms with Gasteiger partial charge in [-0.05, 0) is 44.8 Å². The van der Waals surface area contributed by atoms with Crippen molar-refractivity contribution in [3.05, 3.63) is 56.7 Å². The van der Waals surface area contributed by atoms with Gasteiger partial charge in [0.05, 0.1) is 27.5 Å². The number of fused-ring (bicyclic) bond motifs is 5. The second kappa shape index (κ2) is 6.75. The fourth-order valence-electron chi connectivity index (χ4n) is 4.61. The molecule has 8 heteroatoms. The molecule has 5 rings (SSSR count). The summed E-state index contributed by atoms with van der Waals surface area (Å²) in [4.78, 5) is 32.4. The van der Waals surface area contributed by atoms with Gasteiger partial charge >= 0.3 is 5.97 Å². The Hall–Kier alpha value is -3.49. The molecule has 1 atom stereocenters. The minimum atomic E-state index is -1.88. The number of phenols is 1. The highest BCUT2D eigenvalue weighted by molar-refractivity contribution is 6.03. The molecule has 164 valence electrons. The molecule has 2 N–H and O–H groups in total. The van der Waals surface area contributed by atoms with Crippen LogP contribution in [0, 0.1) is 0 Å². The Bertz CT molecular complexity index is 1560. The van der Waals surface area contributed by atoms with Crippen LogP contribution in [0.25, 0.3) is 33.9 Å². The van der Waals surface area contributed by atoms with Gasteiger partial charge in [0.1, 0.15) is 12.4 Å². The number of hydrogen-bond acceptors (Lipinski definition) is 7. The summed E-state index contributed by atoms with van der Waals surface area (Å²) in [7, 11) is 3.83. The van der Waals surface area contributed by atoms with E-state index in [-0.39, 0.29) is 35.5 Å². The maximum Gasteiger partial charge on any atom is 0.343 e. The number of phenolic OH excluding ortho intramolecular Hbond substituents is 1. The second-order valence-corrected chi connectivity index (χ2v) is 8.55. The lowest BCUT2D eigenvalue weighted by Gasteiger charge is -2.31. The molecular formula is C24H23N3O5. The van der Waals surface area contributed by atoms with E-state index in [1.165, 1.54) is 4.40 Å². The van der Waals surface area contributed by atoms with E-state index in [1.54, 1.807) is 25.1 Å². The van der Waals surface area contributed by atoms with Crippen LogP contribution in [0.3, 0.4) is 0 Å². The van der Waals surface area contributed by atoms with Crippen molar-refractivity contribution in [3.8, 4) is 5.75 Å². The van der Waals surface area contributed by atoms with Crippen molar-refractivity contribution in [2.45, 2.75) is 32.1 Å². The number of carbonyl (C=O) groups is 1. The second-order valence-electron chi connectivity index (χ2n) is 8.55. The molecule has 0 radical (unpaired) electrons. The number of carbonyl (C=O) groups excluding carboxylic acids is 1. The third-order valence-corrected chi connectivity index (χ3v) is 6.33. The average Bonchev–Trinajstić information content (AvgIpc) is 3.03. The van der Waals surface area contributed by atoms with E-state index in [4.69, 9.17) is 9.72 Å². The van der Waals surface area contributed by atoms with Crippen molar-refractivity contribution < 1.29 is 19.7 Å². The van der Waals surface area contributed by atoms with Gasteiger partial charge in [0.15, 0.2) is 5.60 Å². The molecule has 0 amide bonds. The number of rotatable bonds is 3. The zero-order valence-electron chi connectivity index (χ0n) is 18.1. The van der Waals surface area contributed by atoms with Gasteiger partial charge in [0.2, 0.25) is 0 Å². The third kappa shape index (κ3) is 2.60. The number of esters is 1. The number of pyridine rings is 2. The lowest BCUT2D eigenvalue weighted by molar-refractivity contribution is -0.172. The van der Waals surface area contributed by atoms with E-state index in [0.717, 1.165) is 10.9 Å². The highest BCUT2D eigenvalue weighted by atomic mass is 16.6. The van der Waals surface area contributed by atoms with Crippen LogP contribution in [0.5, 0.6) is 5.75 Å². The first-order valence-corrected chi connectivity index (χ1v) is 10.4. The minimum Gasteiger partial charge on any atom is -0.508 e. The summed E-state index contributed by atoms with van der Waals surface area (Å²) in [5.74, 6) is -0.588. The molecule has 4 heterocycles. The Kier molecular flexibility index (Phi) is 4.31. The number of aromatic hydroxyl groups is 1. The molecule has 3 aromatic heterocycles. The van der Waals surface area contributed by atoms with Crippen molar-refractivity contribution in [3.63, 3.8) is 0 Å². The smallest absolute Gasteiger partial charge is 0.343 e. The van der Waals surface area contributed by atoms with Gasteiger partial charge in [-0.25, -0.2) is 9.78 Å². The molecule has 0 bridgehead atoms. The van der Waals surface area contributed by atoms with Gasteiger partial charge in [-0.1, -0.05) is 13.5 Å². The number of cyclic esters (lactones) is 1. The first kappa shape index (κ1) is 20.4. The maximum absolute atomic E-state index is 13.4. The van der Waals surface area contributed by atoms with E-state index in [2.05, 4.69) is 6.58 Å². The fraction of sp³-hybridized carbons (Fsp3) is 0.292. The molecule has 0 fully saturated rings. The molecule has 0 saturated heterocycles. The lowest BCUT2D eigenvalue weighted by atomic mass is 9.86. The summed E-state index contributed by atoms with van der Waals surface area (Å²) >= 11 is 0. The van der Waals surface area contributed by atoms with E-state index in [0.29, 0.717) is 33.8 Å². The predicted molar refractivity (Wildman–Crippen MR) is 120 cm³/mol. The van der Waals surface area contributed by atoms with Crippen LogP contribution in [-0.4, -0.2) is 44.6 Å². The average molecular weight is 433 g/mol. The third-order valence-electron chi connectivity index (χ3n) is 6.33. The summed E-state index contributed by atoms with van der Waals surface area (Å²) in [6.45, 7) is 6.10. The molecule has 0 unspecified atom stereocenters. The van der Waals surface area contributed by atoms with Crippen LogP contribution in [0.1, 0.15) is 30.0 Å². The van der Waals surface area contributed by atoms with Gasteiger partial charge in [0.25, 0.3) is 5.56 Å². The van der Waals surface area contributed by atoms with E-state index < -0.39 is 11.6 Å². The SMILES string of the molecule is C=c1c2cc3c(CN(C)C)c(O)ccc3nc2c2cc3c(c(=O)n12)COC(=O)[C@]3(O)CC. The quantitative estimate of drug-likeness (QED) is 0.473. The molecular weight excluding hydrogens is 410 g/mol. The highest BCUT2D eigenvalue weighted by Gasteiger charge is 2.44. The van der Waals surface area contributed by atoms with Gasteiger partial charge < -0.3 is 19.8 Å². The van der Waals surface area contributed by atoms with Crippen molar-refractivity contribution in [1.82, 2.24) is 14.3 Å². The molecule has 4 aromatic rings. The maximum atomic E-state index is 13.4. The number of aromatic nitrogens is 2. The molecule has 0 spiro atoms. The van der Waals surface area contributed by atoms with E-state index in [1.807, 2.05) is 25.1 Å². The molecule has 1 aliphatic rings. The fourth-order valence-corrected chi connectivity index (χ4v) is 4.61. The number of nitrogens with zero attached hydrogens (tertiary/aromatic N) is 3. The largest absolute Gasteiger partial charge is 0.508 e. The summed E-state index contributed by atoms with van der Waals surface area (Å²) in [6.07, 6.45) is 0.0772. The molecule has 8 nitrogen and oxygen atoms in total. The Morgan fingerprint density at radius 3 is 2.69 bits per heavy atom. The van der Waals surface area contributed by atoms with Crippen LogP contribution in [0.2, 0.25) is 0 Å². The number of hydrogen-bond donors (Lipinski definition) is 2. The highest BCUT2D eigenvalue weighted by Crippen LogP contribution is 2.35. The molecule has 1 aromatic carbocycles. The summed E-state index contributed by atoms with van der Waals surface area (Å²) in [5.41, 5.74) is 0.637. The monoisotopic (exact) mass is 433 g/mol. The number of benzene rings is 1. The van der Waals surface area contributed by atoms with Crippen LogP contribution in [-0.2, 0) is 28.3 Å². The Labute approximate surface area is 183 Å². The standard InChI is InChI=1S/C24H23N3O5/c1-5-24(31)17-9-19-21-13(12(2)27(19)22(29)16(17)11-32-23(24)30)8-14-15(10-26(3)4)20(28)7-6-18(14)25-21/h6-9,28,31H,2,5,10-11H2,1,3-4H3/t24-/m0/s1. The van der Waals surface area contributed by atoms with E-state index >= 15 is 0 Å². The van der Waals surface area contributed by atoms with Crippen molar-refractivity contribution in [1.29, 1.82) is 0 Å². The zero-order chi connectivity index (χ0) is 22.9. The number of aliphatic hydroxyl groups is 1. The van der Waals surface area contributed by atoms with Gasteiger partial charge in [0, 0.05) is 28.4 Å². The zero-order valence-corrected chi connectivity index (χ0v) is 18.1. The minimum absolute atomic E-state index is 0.0772. The van der Waals surface area contributed by atoms with Gasteiger partial charge in [-0.3, -0.25) is 9.20 Å². The molecule has 0 aliphatic carbocycles. The van der Waals surface area contributed by atoms with Crippen LogP contribution < -0.4 is 10.9 Å². The summed E-state index contributed by atoms with van der Waals surface area (Å²) in [5, 5.41) is 23.3. The first-order valence-electron chi connectivity index (χ1n) is 10.4. The van der Waals surface area contributed by atoms with Crippen molar-refractivity contribution >= 4 is 39.9 Å². The first-order chi connectivity index (χ1) is 15.2. The van der Waals surface area contributed by atoms with Gasteiger partial charge in [-0.2, -0.15) is 0 Å². The Morgan fingerprint density at radius 2 is 2.00 bits per heavy atom. The molecule has 1 aliphatic heterocycles. The van der Waals surface area contributed by atoms with Crippen LogP contribution in [0.15, 0.2) is 29.1 Å².